The summed E-state index contributed by atoms with van der Waals surface area (Å²) in [7, 11) is 1.35. The highest BCUT2D eigenvalue weighted by Gasteiger charge is 2.12. The van der Waals surface area contributed by atoms with Crippen molar-refractivity contribution in [3.05, 3.63) is 46.4 Å². The minimum absolute atomic E-state index is 0.375. The number of carbonyl (C=O) groups excluding carboxylic acids is 1. The molecule has 0 aromatic carbocycles. The van der Waals surface area contributed by atoms with Gasteiger partial charge in [0.25, 0.3) is 0 Å². The van der Waals surface area contributed by atoms with Crippen LogP contribution in [-0.4, -0.2) is 24.3 Å². The number of hydrogen-bond donors (Lipinski definition) is 1. The predicted octanol–water partition coefficient (Wildman–Crippen LogP) is 2.38. The van der Waals surface area contributed by atoms with Crippen molar-refractivity contribution in [3.8, 4) is 0 Å². The molecule has 0 unspecified atom stereocenters. The standard InChI is InChI=1S/C12H11N3O2S/c1-17-12(16)11-10(5-7-18-11)15-14-8-9-4-2-3-6-13-9/h2-8,15H,1H3. The number of thiophene rings is 1. The second-order valence-electron chi connectivity index (χ2n) is 3.28. The second-order valence-corrected chi connectivity index (χ2v) is 4.20. The van der Waals surface area contributed by atoms with E-state index >= 15 is 0 Å². The lowest BCUT2D eigenvalue weighted by atomic mass is 10.4. The second kappa shape index (κ2) is 5.92. The highest BCUT2D eigenvalue weighted by molar-refractivity contribution is 7.12. The Balaban J connectivity index is 2.05. The fourth-order valence-electron chi connectivity index (χ4n) is 1.27. The smallest absolute Gasteiger partial charge is 0.350 e. The number of carbonyl (C=O) groups is 1. The van der Waals surface area contributed by atoms with Crippen LogP contribution in [0.5, 0.6) is 0 Å². The Morgan fingerprint density at radius 2 is 2.39 bits per heavy atom. The van der Waals surface area contributed by atoms with Crippen molar-refractivity contribution in [2.75, 3.05) is 12.5 Å². The monoisotopic (exact) mass is 261 g/mol. The maximum atomic E-state index is 11.4. The molecule has 0 amide bonds. The first-order valence-electron chi connectivity index (χ1n) is 5.17. The summed E-state index contributed by atoms with van der Waals surface area (Å²) in [5, 5.41) is 5.82. The minimum atomic E-state index is -0.375. The largest absolute Gasteiger partial charge is 0.465 e. The molecule has 0 bridgehead atoms. The third-order valence-corrected chi connectivity index (χ3v) is 3.00. The third-order valence-electron chi connectivity index (χ3n) is 2.11. The van der Waals surface area contributed by atoms with Crippen LogP contribution in [0.15, 0.2) is 40.9 Å². The van der Waals surface area contributed by atoms with Gasteiger partial charge in [-0.15, -0.1) is 11.3 Å². The van der Waals surface area contributed by atoms with Crippen LogP contribution in [0.3, 0.4) is 0 Å². The number of pyridine rings is 1. The van der Waals surface area contributed by atoms with E-state index in [1.165, 1.54) is 18.4 Å². The van der Waals surface area contributed by atoms with Crippen LogP contribution in [0.1, 0.15) is 15.4 Å². The van der Waals surface area contributed by atoms with E-state index in [-0.39, 0.29) is 5.97 Å². The SMILES string of the molecule is COC(=O)c1sccc1NN=Cc1ccccn1. The Bertz CT molecular complexity index is 551. The number of nitrogens with zero attached hydrogens (tertiary/aromatic N) is 2. The Morgan fingerprint density at radius 3 is 3.11 bits per heavy atom. The van der Waals surface area contributed by atoms with Gasteiger partial charge in [0.15, 0.2) is 0 Å². The van der Waals surface area contributed by atoms with Crippen LogP contribution in [0, 0.1) is 0 Å². The molecule has 0 aliphatic heterocycles. The normalized spacial score (nSPS) is 10.5. The van der Waals surface area contributed by atoms with E-state index in [9.17, 15) is 4.79 Å². The van der Waals surface area contributed by atoms with Crippen molar-refractivity contribution in [2.24, 2.45) is 5.10 Å². The van der Waals surface area contributed by atoms with Crippen LogP contribution < -0.4 is 5.43 Å². The number of esters is 1. The minimum Gasteiger partial charge on any atom is -0.465 e. The summed E-state index contributed by atoms with van der Waals surface area (Å²) in [4.78, 5) is 16.0. The van der Waals surface area contributed by atoms with E-state index in [2.05, 4.69) is 20.2 Å². The number of anilines is 1. The fraction of sp³-hybridized carbons (Fsp3) is 0.0833. The zero-order chi connectivity index (χ0) is 12.8. The molecule has 6 heteroatoms. The van der Waals surface area contributed by atoms with Crippen molar-refractivity contribution in [1.29, 1.82) is 0 Å². The predicted molar refractivity (Wildman–Crippen MR) is 71.1 cm³/mol. The van der Waals surface area contributed by atoms with E-state index < -0.39 is 0 Å². The lowest BCUT2D eigenvalue weighted by molar-refractivity contribution is 0.0607. The lowest BCUT2D eigenvalue weighted by Crippen LogP contribution is -2.02. The Labute approximate surface area is 108 Å². The molecule has 0 fully saturated rings. The molecule has 0 saturated carbocycles. The Morgan fingerprint density at radius 1 is 1.50 bits per heavy atom. The number of nitrogens with one attached hydrogen (secondary N) is 1. The highest BCUT2D eigenvalue weighted by atomic mass is 32.1. The molecule has 5 nitrogen and oxygen atoms in total. The van der Waals surface area contributed by atoms with Crippen molar-refractivity contribution in [3.63, 3.8) is 0 Å². The van der Waals surface area contributed by atoms with Gasteiger partial charge in [-0.05, 0) is 23.6 Å². The number of aromatic nitrogens is 1. The molecule has 0 atom stereocenters. The first kappa shape index (κ1) is 12.3. The zero-order valence-corrected chi connectivity index (χ0v) is 10.5. The number of ether oxygens (including phenoxy) is 1. The molecule has 92 valence electrons. The average molecular weight is 261 g/mol. The molecule has 2 rings (SSSR count). The molecular weight excluding hydrogens is 250 g/mol. The molecule has 2 heterocycles. The zero-order valence-electron chi connectivity index (χ0n) is 9.66. The van der Waals surface area contributed by atoms with Gasteiger partial charge < -0.3 is 4.74 Å². The van der Waals surface area contributed by atoms with Gasteiger partial charge >= 0.3 is 5.97 Å². The van der Waals surface area contributed by atoms with E-state index in [1.807, 2.05) is 18.2 Å². The summed E-state index contributed by atoms with van der Waals surface area (Å²) >= 11 is 1.30. The molecule has 0 spiro atoms. The van der Waals surface area contributed by atoms with Gasteiger partial charge in [0.2, 0.25) is 0 Å². The topological polar surface area (TPSA) is 63.6 Å². The number of hydrogen-bond acceptors (Lipinski definition) is 6. The quantitative estimate of drug-likeness (QED) is 0.521. The molecule has 0 radical (unpaired) electrons. The fourth-order valence-corrected chi connectivity index (χ4v) is 2.03. The van der Waals surface area contributed by atoms with Crippen molar-refractivity contribution < 1.29 is 9.53 Å². The van der Waals surface area contributed by atoms with E-state index in [1.54, 1.807) is 23.9 Å². The number of methoxy groups -OCH3 is 1. The molecule has 1 N–H and O–H groups in total. The van der Waals surface area contributed by atoms with Crippen LogP contribution in [0.2, 0.25) is 0 Å². The van der Waals surface area contributed by atoms with Gasteiger partial charge in [-0.1, -0.05) is 6.07 Å². The van der Waals surface area contributed by atoms with Crippen molar-refractivity contribution in [2.45, 2.75) is 0 Å². The summed E-state index contributed by atoms with van der Waals surface area (Å²) in [5.41, 5.74) is 4.16. The van der Waals surface area contributed by atoms with E-state index in [0.29, 0.717) is 10.6 Å². The highest BCUT2D eigenvalue weighted by Crippen LogP contribution is 2.22. The van der Waals surface area contributed by atoms with Gasteiger partial charge in [-0.25, -0.2) is 4.79 Å². The van der Waals surface area contributed by atoms with Gasteiger partial charge in [-0.2, -0.15) is 5.10 Å². The van der Waals surface area contributed by atoms with Crippen molar-refractivity contribution >= 4 is 29.2 Å². The molecule has 0 aliphatic carbocycles. The first-order chi connectivity index (χ1) is 8.81. The molecular formula is C12H11N3O2S. The summed E-state index contributed by atoms with van der Waals surface area (Å²) in [6.45, 7) is 0. The van der Waals surface area contributed by atoms with Gasteiger partial charge in [-0.3, -0.25) is 10.4 Å². The van der Waals surface area contributed by atoms with Gasteiger partial charge in [0, 0.05) is 6.20 Å². The van der Waals surface area contributed by atoms with Crippen LogP contribution >= 0.6 is 11.3 Å². The van der Waals surface area contributed by atoms with Crippen molar-refractivity contribution in [1.82, 2.24) is 4.98 Å². The van der Waals surface area contributed by atoms with Crippen LogP contribution in [-0.2, 0) is 4.74 Å². The van der Waals surface area contributed by atoms with Gasteiger partial charge in [0.1, 0.15) is 4.88 Å². The Kier molecular flexibility index (Phi) is 4.03. The summed E-state index contributed by atoms with van der Waals surface area (Å²) in [6, 6.07) is 7.31. The third kappa shape index (κ3) is 2.92. The first-order valence-corrected chi connectivity index (χ1v) is 6.05. The number of rotatable bonds is 4. The summed E-state index contributed by atoms with van der Waals surface area (Å²) < 4.78 is 4.67. The maximum absolute atomic E-state index is 11.4. The molecule has 2 aromatic heterocycles. The molecule has 18 heavy (non-hydrogen) atoms. The van der Waals surface area contributed by atoms with E-state index in [4.69, 9.17) is 0 Å². The lowest BCUT2D eigenvalue weighted by Gasteiger charge is -2.00. The molecule has 0 saturated heterocycles. The van der Waals surface area contributed by atoms with Crippen LogP contribution in [0.25, 0.3) is 0 Å². The maximum Gasteiger partial charge on any atom is 0.350 e. The average Bonchev–Trinajstić information content (AvgIpc) is 2.87. The van der Waals surface area contributed by atoms with Crippen LogP contribution in [0.4, 0.5) is 5.69 Å². The van der Waals surface area contributed by atoms with E-state index in [0.717, 1.165) is 5.69 Å². The summed E-state index contributed by atoms with van der Waals surface area (Å²) in [6.07, 6.45) is 3.27. The Hall–Kier alpha value is -2.21. The number of hydrazone groups is 1. The molecule has 2 aromatic rings. The van der Waals surface area contributed by atoms with Gasteiger partial charge in [0.05, 0.1) is 24.7 Å². The summed E-state index contributed by atoms with van der Waals surface area (Å²) in [5.74, 6) is -0.375. The molecule has 0 aliphatic rings.